The standard InChI is InChI=1S/C5H3FNO/c6-5-4(8)2-1-3-7-5/h1H,2H2. The molecular formula is C5H3FNO. The SMILES string of the molecule is O=C1CC=[C]N=C1F. The number of carbonyl (C=O) groups excluding carboxylic acids is 1. The summed E-state index contributed by atoms with van der Waals surface area (Å²) in [5.41, 5.74) is 0. The second kappa shape index (κ2) is 1.86. The van der Waals surface area contributed by atoms with E-state index in [1.54, 1.807) is 0 Å². The fourth-order valence-electron chi connectivity index (χ4n) is 0.387. The van der Waals surface area contributed by atoms with Gasteiger partial charge in [-0.3, -0.25) is 4.79 Å². The smallest absolute Gasteiger partial charge is 0.257 e. The van der Waals surface area contributed by atoms with Crippen LogP contribution in [0, 0.1) is 6.20 Å². The maximum atomic E-state index is 11.9. The van der Waals surface area contributed by atoms with E-state index in [1.807, 2.05) is 0 Å². The van der Waals surface area contributed by atoms with Crippen LogP contribution < -0.4 is 0 Å². The van der Waals surface area contributed by atoms with Gasteiger partial charge in [0.15, 0.2) is 0 Å². The van der Waals surface area contributed by atoms with E-state index in [4.69, 9.17) is 0 Å². The van der Waals surface area contributed by atoms with Gasteiger partial charge in [-0.15, -0.1) is 0 Å². The van der Waals surface area contributed by atoms with Gasteiger partial charge in [-0.05, 0) is 6.08 Å². The van der Waals surface area contributed by atoms with Crippen LogP contribution >= 0.6 is 0 Å². The Labute approximate surface area is 45.7 Å². The third-order valence-corrected chi connectivity index (χ3v) is 0.772. The van der Waals surface area contributed by atoms with Gasteiger partial charge in [-0.1, -0.05) is 0 Å². The van der Waals surface area contributed by atoms with Crippen LogP contribution in [0.25, 0.3) is 0 Å². The van der Waals surface area contributed by atoms with Crippen molar-refractivity contribution in [3.05, 3.63) is 12.3 Å². The highest BCUT2D eigenvalue weighted by atomic mass is 19.1. The molecule has 1 rings (SSSR count). The van der Waals surface area contributed by atoms with Crippen LogP contribution in [0.3, 0.4) is 0 Å². The highest BCUT2D eigenvalue weighted by molar-refractivity contribution is 6.36. The van der Waals surface area contributed by atoms with Crippen molar-refractivity contribution in [2.45, 2.75) is 6.42 Å². The molecule has 0 aromatic rings. The summed E-state index contributed by atoms with van der Waals surface area (Å²) in [7, 11) is 0. The molecule has 0 fully saturated rings. The molecule has 41 valence electrons. The number of aliphatic imine (C=N–C) groups is 1. The van der Waals surface area contributed by atoms with Crippen LogP contribution in [-0.4, -0.2) is 11.7 Å². The molecule has 0 aromatic carbocycles. The van der Waals surface area contributed by atoms with Crippen LogP contribution in [0.5, 0.6) is 0 Å². The molecule has 0 saturated carbocycles. The van der Waals surface area contributed by atoms with Gasteiger partial charge < -0.3 is 0 Å². The molecule has 8 heavy (non-hydrogen) atoms. The molecule has 0 amide bonds. The molecular weight excluding hydrogens is 109 g/mol. The molecule has 1 heterocycles. The highest BCUT2D eigenvalue weighted by Crippen LogP contribution is 1.97. The van der Waals surface area contributed by atoms with Gasteiger partial charge in [-0.2, -0.15) is 4.39 Å². The summed E-state index contributed by atoms with van der Waals surface area (Å²) in [5.74, 6) is -1.50. The van der Waals surface area contributed by atoms with Crippen molar-refractivity contribution < 1.29 is 9.18 Å². The van der Waals surface area contributed by atoms with E-state index in [0.29, 0.717) is 0 Å². The van der Waals surface area contributed by atoms with Gasteiger partial charge in [0.05, 0.1) is 6.20 Å². The van der Waals surface area contributed by atoms with Gasteiger partial charge in [-0.25, -0.2) is 4.99 Å². The molecule has 2 nitrogen and oxygen atoms in total. The summed E-state index contributed by atoms with van der Waals surface area (Å²) in [6, 6.07) is 0. The number of ketones is 1. The highest BCUT2D eigenvalue weighted by Gasteiger charge is 2.09. The first kappa shape index (κ1) is 5.15. The molecule has 1 radical (unpaired) electrons. The van der Waals surface area contributed by atoms with Crippen LogP contribution in [0.2, 0.25) is 0 Å². The van der Waals surface area contributed by atoms with Crippen molar-refractivity contribution in [1.29, 1.82) is 0 Å². The van der Waals surface area contributed by atoms with Crippen LogP contribution in [0.4, 0.5) is 4.39 Å². The normalized spacial score (nSPS) is 18.6. The van der Waals surface area contributed by atoms with Gasteiger partial charge in [0.2, 0.25) is 5.78 Å². The van der Waals surface area contributed by atoms with E-state index in [1.165, 1.54) is 6.08 Å². The zero-order chi connectivity index (χ0) is 5.98. The quantitative estimate of drug-likeness (QED) is 0.452. The average Bonchev–Trinajstić information content (AvgIpc) is 1.77. The summed E-state index contributed by atoms with van der Waals surface area (Å²) >= 11 is 0. The van der Waals surface area contributed by atoms with E-state index >= 15 is 0 Å². The maximum absolute atomic E-state index is 11.9. The van der Waals surface area contributed by atoms with Gasteiger partial charge in [0.1, 0.15) is 0 Å². The maximum Gasteiger partial charge on any atom is 0.257 e. The Bertz CT molecular complexity index is 171. The molecule has 0 spiro atoms. The Morgan fingerprint density at radius 2 is 2.62 bits per heavy atom. The number of halogens is 1. The van der Waals surface area contributed by atoms with Crippen molar-refractivity contribution in [2.75, 3.05) is 0 Å². The molecule has 0 aromatic heterocycles. The average molecular weight is 112 g/mol. The second-order valence-electron chi connectivity index (χ2n) is 1.36. The molecule has 0 unspecified atom stereocenters. The van der Waals surface area contributed by atoms with E-state index < -0.39 is 11.7 Å². The second-order valence-corrected chi connectivity index (χ2v) is 1.36. The van der Waals surface area contributed by atoms with E-state index in [-0.39, 0.29) is 6.42 Å². The number of nitrogens with zero attached hydrogens (tertiary/aromatic N) is 1. The molecule has 0 aliphatic carbocycles. The molecule has 1 aliphatic heterocycles. The van der Waals surface area contributed by atoms with Crippen molar-refractivity contribution >= 4 is 11.7 Å². The van der Waals surface area contributed by atoms with Crippen molar-refractivity contribution in [2.24, 2.45) is 4.99 Å². The Hall–Kier alpha value is -0.990. The number of hydrogen-bond donors (Lipinski definition) is 0. The molecule has 0 saturated heterocycles. The molecule has 3 heteroatoms. The number of hydrogen-bond acceptors (Lipinski definition) is 2. The van der Waals surface area contributed by atoms with E-state index in [2.05, 4.69) is 11.2 Å². The summed E-state index contributed by atoms with van der Waals surface area (Å²) in [6.07, 6.45) is 3.72. The molecule has 0 atom stereocenters. The Morgan fingerprint density at radius 1 is 1.88 bits per heavy atom. The molecule has 1 aliphatic rings. The monoisotopic (exact) mass is 112 g/mol. The lowest BCUT2D eigenvalue weighted by Gasteiger charge is -1.92. The van der Waals surface area contributed by atoms with Crippen LogP contribution in [0.1, 0.15) is 6.42 Å². The number of Topliss-reactive ketones (excluding diaryl/α,β-unsaturated/α-hetero) is 1. The summed E-state index contributed by atoms with van der Waals surface area (Å²) < 4.78 is 11.9. The van der Waals surface area contributed by atoms with E-state index in [9.17, 15) is 9.18 Å². The van der Waals surface area contributed by atoms with Gasteiger partial charge in [0.25, 0.3) is 5.97 Å². The lowest BCUT2D eigenvalue weighted by molar-refractivity contribution is -0.112. The van der Waals surface area contributed by atoms with Gasteiger partial charge >= 0.3 is 0 Å². The van der Waals surface area contributed by atoms with Crippen molar-refractivity contribution in [1.82, 2.24) is 0 Å². The van der Waals surface area contributed by atoms with Gasteiger partial charge in [0, 0.05) is 6.42 Å². The minimum absolute atomic E-state index is 0.0926. The van der Waals surface area contributed by atoms with Crippen LogP contribution in [-0.2, 0) is 4.79 Å². The van der Waals surface area contributed by atoms with Crippen molar-refractivity contribution in [3.63, 3.8) is 0 Å². The summed E-state index contributed by atoms with van der Waals surface area (Å²) in [5, 5.41) is 0. The van der Waals surface area contributed by atoms with E-state index in [0.717, 1.165) is 0 Å². The third kappa shape index (κ3) is 0.804. The summed E-state index contributed by atoms with van der Waals surface area (Å²) in [4.78, 5) is 13.2. The predicted octanol–water partition coefficient (Wildman–Crippen LogP) is 0.644. The fraction of sp³-hybridized carbons (Fsp3) is 0.200. The Kier molecular flexibility index (Phi) is 1.20. The lowest BCUT2D eigenvalue weighted by Crippen LogP contribution is -2.08. The number of allylic oxidation sites excluding steroid dienone is 1. The Balaban J connectivity index is 2.80. The first-order valence-corrected chi connectivity index (χ1v) is 2.14. The summed E-state index contributed by atoms with van der Waals surface area (Å²) in [6.45, 7) is 0. The zero-order valence-electron chi connectivity index (χ0n) is 4.02. The topological polar surface area (TPSA) is 29.4 Å². The fourth-order valence-corrected chi connectivity index (χ4v) is 0.387. The number of rotatable bonds is 0. The lowest BCUT2D eigenvalue weighted by atomic mass is 10.2. The minimum Gasteiger partial charge on any atom is -0.289 e. The predicted molar refractivity (Wildman–Crippen MR) is 26.0 cm³/mol. The number of carbonyl (C=O) groups is 1. The van der Waals surface area contributed by atoms with Crippen molar-refractivity contribution in [3.8, 4) is 0 Å². The first-order chi connectivity index (χ1) is 3.80. The molecule has 0 bridgehead atoms. The molecule has 0 N–H and O–H groups in total. The zero-order valence-corrected chi connectivity index (χ0v) is 4.02. The third-order valence-electron chi connectivity index (χ3n) is 0.772. The van der Waals surface area contributed by atoms with Crippen LogP contribution in [0.15, 0.2) is 11.1 Å². The largest absolute Gasteiger partial charge is 0.289 e. The minimum atomic E-state index is -0.937. The Morgan fingerprint density at radius 3 is 3.00 bits per heavy atom. The first-order valence-electron chi connectivity index (χ1n) is 2.14.